The SMILES string of the molecule is COc1ccc(/C=C2\SC(=Nc3cc(C)c(Br)c(C)c3)NC2=O)cc1[N+](=O)[O-]. The molecule has 1 N–H and O–H groups in total. The fraction of sp³-hybridized carbons (Fsp3) is 0.158. The van der Waals surface area contributed by atoms with Crippen LogP contribution in [0.1, 0.15) is 16.7 Å². The number of hydrogen-bond acceptors (Lipinski definition) is 6. The van der Waals surface area contributed by atoms with Crippen LogP contribution in [0.4, 0.5) is 11.4 Å². The molecular formula is C19H16BrN3O4S. The number of methoxy groups -OCH3 is 1. The number of nitro groups is 1. The number of amides is 1. The molecule has 0 radical (unpaired) electrons. The van der Waals surface area contributed by atoms with Gasteiger partial charge in [0.15, 0.2) is 10.9 Å². The fourth-order valence-corrected chi connectivity index (χ4v) is 3.75. The van der Waals surface area contributed by atoms with E-state index < -0.39 is 4.92 Å². The third-order valence-corrected chi connectivity index (χ3v) is 6.16. The van der Waals surface area contributed by atoms with Gasteiger partial charge in [0.25, 0.3) is 5.91 Å². The van der Waals surface area contributed by atoms with Crippen LogP contribution < -0.4 is 10.1 Å². The van der Waals surface area contributed by atoms with Gasteiger partial charge in [0.05, 0.1) is 22.6 Å². The Hall–Kier alpha value is -2.65. The van der Waals surface area contributed by atoms with Crippen LogP contribution in [0.15, 0.2) is 44.7 Å². The van der Waals surface area contributed by atoms with E-state index >= 15 is 0 Å². The molecule has 0 aliphatic carbocycles. The number of thioether (sulfide) groups is 1. The number of carbonyl (C=O) groups excluding carboxylic acids is 1. The van der Waals surface area contributed by atoms with E-state index in [-0.39, 0.29) is 17.3 Å². The number of aliphatic imine (C=N–C) groups is 1. The van der Waals surface area contributed by atoms with Crippen molar-refractivity contribution < 1.29 is 14.5 Å². The van der Waals surface area contributed by atoms with Gasteiger partial charge in [0.2, 0.25) is 0 Å². The van der Waals surface area contributed by atoms with E-state index in [9.17, 15) is 14.9 Å². The lowest BCUT2D eigenvalue weighted by atomic mass is 10.1. The molecule has 0 spiro atoms. The average Bonchev–Trinajstić information content (AvgIpc) is 2.98. The number of ether oxygens (including phenoxy) is 1. The summed E-state index contributed by atoms with van der Waals surface area (Å²) >= 11 is 4.71. The lowest BCUT2D eigenvalue weighted by molar-refractivity contribution is -0.385. The molecule has 1 heterocycles. The first-order chi connectivity index (χ1) is 13.3. The van der Waals surface area contributed by atoms with Gasteiger partial charge < -0.3 is 10.1 Å². The molecule has 28 heavy (non-hydrogen) atoms. The summed E-state index contributed by atoms with van der Waals surface area (Å²) in [5, 5.41) is 14.3. The van der Waals surface area contributed by atoms with Crippen molar-refractivity contribution in [3.8, 4) is 5.75 Å². The number of benzene rings is 2. The van der Waals surface area contributed by atoms with Gasteiger partial charge in [-0.25, -0.2) is 4.99 Å². The number of carbonyl (C=O) groups is 1. The van der Waals surface area contributed by atoms with Crippen molar-refractivity contribution in [2.75, 3.05) is 7.11 Å². The molecule has 0 unspecified atom stereocenters. The van der Waals surface area contributed by atoms with Gasteiger partial charge in [-0.1, -0.05) is 22.0 Å². The van der Waals surface area contributed by atoms with E-state index in [1.54, 1.807) is 12.1 Å². The Labute approximate surface area is 174 Å². The molecule has 0 atom stereocenters. The van der Waals surface area contributed by atoms with Crippen LogP contribution in [-0.2, 0) is 4.79 Å². The fourth-order valence-electron chi connectivity index (χ4n) is 2.68. The number of halogens is 1. The first-order valence-electron chi connectivity index (χ1n) is 8.17. The quantitative estimate of drug-likeness (QED) is 0.397. The van der Waals surface area contributed by atoms with Crippen molar-refractivity contribution in [1.29, 1.82) is 0 Å². The van der Waals surface area contributed by atoms with E-state index in [2.05, 4.69) is 26.2 Å². The molecule has 1 saturated heterocycles. The summed E-state index contributed by atoms with van der Waals surface area (Å²) in [5.74, 6) is -0.133. The Morgan fingerprint density at radius 1 is 1.25 bits per heavy atom. The molecule has 1 fully saturated rings. The number of nitrogens with one attached hydrogen (secondary N) is 1. The summed E-state index contributed by atoms with van der Waals surface area (Å²) in [7, 11) is 1.37. The third kappa shape index (κ3) is 4.26. The highest BCUT2D eigenvalue weighted by Crippen LogP contribution is 2.33. The van der Waals surface area contributed by atoms with Crippen LogP contribution in [0.3, 0.4) is 0 Å². The average molecular weight is 462 g/mol. The Morgan fingerprint density at radius 2 is 1.93 bits per heavy atom. The van der Waals surface area contributed by atoms with Gasteiger partial charge in [0, 0.05) is 10.5 Å². The molecule has 2 aromatic carbocycles. The maximum absolute atomic E-state index is 12.3. The molecule has 1 aliphatic heterocycles. The Balaban J connectivity index is 1.89. The van der Waals surface area contributed by atoms with Crippen LogP contribution in [0.5, 0.6) is 5.75 Å². The van der Waals surface area contributed by atoms with Gasteiger partial charge >= 0.3 is 5.69 Å². The molecule has 9 heteroatoms. The zero-order chi connectivity index (χ0) is 20.4. The second-order valence-corrected chi connectivity index (χ2v) is 7.89. The largest absolute Gasteiger partial charge is 0.490 e. The second kappa shape index (κ2) is 8.15. The highest BCUT2D eigenvalue weighted by Gasteiger charge is 2.24. The van der Waals surface area contributed by atoms with Crippen LogP contribution >= 0.6 is 27.7 Å². The second-order valence-electron chi connectivity index (χ2n) is 6.06. The smallest absolute Gasteiger partial charge is 0.311 e. The van der Waals surface area contributed by atoms with Gasteiger partial charge in [-0.3, -0.25) is 14.9 Å². The topological polar surface area (TPSA) is 93.8 Å². The number of rotatable bonds is 4. The predicted octanol–water partition coefficient (Wildman–Crippen LogP) is 4.87. The lowest BCUT2D eigenvalue weighted by Crippen LogP contribution is -2.19. The molecule has 0 bridgehead atoms. The van der Waals surface area contributed by atoms with Crippen LogP contribution in [0.25, 0.3) is 6.08 Å². The van der Waals surface area contributed by atoms with Crippen molar-refractivity contribution in [3.05, 3.63) is 66.5 Å². The minimum Gasteiger partial charge on any atom is -0.490 e. The Kier molecular flexibility index (Phi) is 5.85. The van der Waals surface area contributed by atoms with Crippen molar-refractivity contribution in [2.24, 2.45) is 4.99 Å². The van der Waals surface area contributed by atoms with Crippen molar-refractivity contribution in [2.45, 2.75) is 13.8 Å². The predicted molar refractivity (Wildman–Crippen MR) is 114 cm³/mol. The zero-order valence-corrected chi connectivity index (χ0v) is 17.7. The Bertz CT molecular complexity index is 1030. The summed E-state index contributed by atoms with van der Waals surface area (Å²) in [6, 6.07) is 8.38. The molecular weight excluding hydrogens is 446 g/mol. The van der Waals surface area contributed by atoms with Crippen molar-refractivity contribution >= 4 is 56.2 Å². The van der Waals surface area contributed by atoms with E-state index in [1.165, 1.54) is 31.0 Å². The maximum Gasteiger partial charge on any atom is 0.311 e. The molecule has 0 aromatic heterocycles. The minimum atomic E-state index is -0.520. The van der Waals surface area contributed by atoms with Gasteiger partial charge in [-0.15, -0.1) is 0 Å². The summed E-state index contributed by atoms with van der Waals surface area (Å²) in [4.78, 5) is 27.8. The normalized spacial score (nSPS) is 16.5. The highest BCUT2D eigenvalue weighted by molar-refractivity contribution is 9.10. The number of nitrogens with zero attached hydrogens (tertiary/aromatic N) is 2. The lowest BCUT2D eigenvalue weighted by Gasteiger charge is -2.04. The van der Waals surface area contributed by atoms with Crippen molar-refractivity contribution in [1.82, 2.24) is 5.32 Å². The minimum absolute atomic E-state index is 0.157. The summed E-state index contributed by atoms with van der Waals surface area (Å²) in [6.07, 6.45) is 1.59. The van der Waals surface area contributed by atoms with E-state index in [4.69, 9.17) is 4.74 Å². The zero-order valence-electron chi connectivity index (χ0n) is 15.3. The van der Waals surface area contributed by atoms with E-state index in [0.717, 1.165) is 21.3 Å². The number of nitro benzene ring substituents is 1. The molecule has 0 saturated carbocycles. The number of aryl methyl sites for hydroxylation is 2. The maximum atomic E-state index is 12.3. The molecule has 144 valence electrons. The molecule has 1 aliphatic rings. The highest BCUT2D eigenvalue weighted by atomic mass is 79.9. The molecule has 3 rings (SSSR count). The number of hydrogen-bond donors (Lipinski definition) is 1. The molecule has 7 nitrogen and oxygen atoms in total. The monoisotopic (exact) mass is 461 g/mol. The van der Waals surface area contributed by atoms with Gasteiger partial charge in [0.1, 0.15) is 0 Å². The standard InChI is InChI=1S/C19H16BrN3O4S/c1-10-6-13(7-11(2)17(10)20)21-19-22-18(24)16(28-19)9-12-4-5-15(27-3)14(8-12)23(25)26/h4-9H,1-3H3,(H,21,22,24)/b16-9-. The van der Waals surface area contributed by atoms with Gasteiger partial charge in [-0.05, 0) is 66.6 Å². The third-order valence-electron chi connectivity index (χ3n) is 4.00. The summed E-state index contributed by atoms with van der Waals surface area (Å²) < 4.78 is 6.02. The summed E-state index contributed by atoms with van der Waals surface area (Å²) in [5.41, 5.74) is 3.21. The first kappa shape index (κ1) is 20.1. The molecule has 2 aromatic rings. The molecule has 1 amide bonds. The summed E-state index contributed by atoms with van der Waals surface area (Å²) in [6.45, 7) is 3.95. The van der Waals surface area contributed by atoms with Gasteiger partial charge in [-0.2, -0.15) is 0 Å². The van der Waals surface area contributed by atoms with Crippen LogP contribution in [0.2, 0.25) is 0 Å². The van der Waals surface area contributed by atoms with E-state index in [1.807, 2.05) is 26.0 Å². The van der Waals surface area contributed by atoms with Crippen molar-refractivity contribution in [3.63, 3.8) is 0 Å². The first-order valence-corrected chi connectivity index (χ1v) is 9.78. The van der Waals surface area contributed by atoms with Crippen LogP contribution in [0, 0.1) is 24.0 Å². The van der Waals surface area contributed by atoms with Crippen LogP contribution in [-0.4, -0.2) is 23.1 Å². The Morgan fingerprint density at radius 3 is 2.54 bits per heavy atom. The van der Waals surface area contributed by atoms with E-state index in [0.29, 0.717) is 15.6 Å². The number of amidine groups is 1.